The molecule has 0 aliphatic heterocycles. The second-order valence-corrected chi connectivity index (χ2v) is 5.03. The van der Waals surface area contributed by atoms with Crippen molar-refractivity contribution >= 4 is 34.3 Å². The Bertz CT molecular complexity index is 978. The number of aromatic nitrogens is 2. The lowest BCUT2D eigenvalue weighted by atomic mass is 10.0. The lowest BCUT2D eigenvalue weighted by molar-refractivity contribution is 0.475. The number of aryl methyl sites for hydroxylation is 1. The SMILES string of the molecule is Cc1cc2nc(N)nc(-c3cccc(O)c3)c2c(N=C=O)c1N. The highest BCUT2D eigenvalue weighted by molar-refractivity contribution is 6.06. The Morgan fingerprint density at radius 3 is 2.70 bits per heavy atom. The number of benzene rings is 2. The Balaban J connectivity index is 2.51. The van der Waals surface area contributed by atoms with Crippen LogP contribution in [0.3, 0.4) is 0 Å². The van der Waals surface area contributed by atoms with E-state index in [0.29, 0.717) is 33.4 Å². The molecule has 0 saturated carbocycles. The van der Waals surface area contributed by atoms with Crippen molar-refractivity contribution in [2.24, 2.45) is 4.99 Å². The van der Waals surface area contributed by atoms with Gasteiger partial charge in [-0.25, -0.2) is 14.8 Å². The number of hydrogen-bond donors (Lipinski definition) is 3. The van der Waals surface area contributed by atoms with Gasteiger partial charge in [-0.05, 0) is 30.7 Å². The van der Waals surface area contributed by atoms with E-state index in [2.05, 4.69) is 15.0 Å². The molecule has 23 heavy (non-hydrogen) atoms. The van der Waals surface area contributed by atoms with Gasteiger partial charge in [0, 0.05) is 5.56 Å². The second-order valence-electron chi connectivity index (χ2n) is 5.03. The molecular formula is C16H13N5O2. The van der Waals surface area contributed by atoms with Gasteiger partial charge in [-0.3, -0.25) is 0 Å². The smallest absolute Gasteiger partial charge is 0.240 e. The summed E-state index contributed by atoms with van der Waals surface area (Å²) >= 11 is 0. The van der Waals surface area contributed by atoms with Crippen LogP contribution in [-0.2, 0) is 4.79 Å². The molecule has 0 bridgehead atoms. The number of nitrogens with zero attached hydrogens (tertiary/aromatic N) is 3. The molecule has 114 valence electrons. The van der Waals surface area contributed by atoms with Crippen molar-refractivity contribution in [3.63, 3.8) is 0 Å². The molecule has 0 atom stereocenters. The Hall–Kier alpha value is -3.44. The molecule has 3 aromatic rings. The summed E-state index contributed by atoms with van der Waals surface area (Å²) in [6, 6.07) is 8.25. The molecule has 0 unspecified atom stereocenters. The molecule has 0 spiro atoms. The number of phenols is 1. The first-order valence-corrected chi connectivity index (χ1v) is 6.75. The van der Waals surface area contributed by atoms with Crippen molar-refractivity contribution in [1.29, 1.82) is 0 Å². The van der Waals surface area contributed by atoms with Crippen LogP contribution >= 0.6 is 0 Å². The summed E-state index contributed by atoms with van der Waals surface area (Å²) in [5.74, 6) is 0.148. The maximum absolute atomic E-state index is 10.8. The van der Waals surface area contributed by atoms with Gasteiger partial charge in [0.25, 0.3) is 0 Å². The standard InChI is InChI=1S/C16H13N5O2/c1-8-5-11-12(15(13(8)17)19-7-22)14(21-16(18)20-11)9-3-2-4-10(23)6-9/h2-6,23H,17H2,1H3,(H2,18,20,21). The zero-order chi connectivity index (χ0) is 16.6. The number of rotatable bonds is 2. The Labute approximate surface area is 131 Å². The van der Waals surface area contributed by atoms with Gasteiger partial charge in [0.1, 0.15) is 11.4 Å². The van der Waals surface area contributed by atoms with Crippen LogP contribution in [0.5, 0.6) is 5.75 Å². The fourth-order valence-corrected chi connectivity index (χ4v) is 2.46. The molecule has 0 amide bonds. The molecule has 7 heteroatoms. The summed E-state index contributed by atoms with van der Waals surface area (Å²) in [5, 5.41) is 10.2. The fraction of sp³-hybridized carbons (Fsp3) is 0.0625. The normalized spacial score (nSPS) is 10.5. The van der Waals surface area contributed by atoms with E-state index < -0.39 is 0 Å². The van der Waals surface area contributed by atoms with E-state index in [1.165, 1.54) is 12.1 Å². The number of hydrogen-bond acceptors (Lipinski definition) is 7. The van der Waals surface area contributed by atoms with Crippen LogP contribution in [0.15, 0.2) is 35.3 Å². The van der Waals surface area contributed by atoms with Crippen molar-refractivity contribution in [3.8, 4) is 17.0 Å². The third-order valence-corrected chi connectivity index (χ3v) is 3.50. The zero-order valence-corrected chi connectivity index (χ0v) is 12.2. The van der Waals surface area contributed by atoms with Crippen LogP contribution in [-0.4, -0.2) is 21.2 Å². The lowest BCUT2D eigenvalue weighted by Gasteiger charge is -2.12. The van der Waals surface area contributed by atoms with Crippen LogP contribution < -0.4 is 11.5 Å². The molecule has 2 aromatic carbocycles. The number of isocyanates is 1. The van der Waals surface area contributed by atoms with E-state index in [9.17, 15) is 9.90 Å². The van der Waals surface area contributed by atoms with Crippen molar-refractivity contribution in [1.82, 2.24) is 9.97 Å². The quantitative estimate of drug-likeness (QED) is 0.379. The molecule has 0 saturated heterocycles. The minimum absolute atomic E-state index is 0.0704. The summed E-state index contributed by atoms with van der Waals surface area (Å²) in [6.07, 6.45) is 1.51. The maximum atomic E-state index is 10.8. The van der Waals surface area contributed by atoms with E-state index in [-0.39, 0.29) is 17.4 Å². The Morgan fingerprint density at radius 1 is 1.22 bits per heavy atom. The number of aliphatic imine (C=N–C) groups is 1. The third kappa shape index (κ3) is 2.45. The fourth-order valence-electron chi connectivity index (χ4n) is 2.46. The highest BCUT2D eigenvalue weighted by Gasteiger charge is 2.17. The van der Waals surface area contributed by atoms with Gasteiger partial charge in [-0.2, -0.15) is 4.99 Å². The highest BCUT2D eigenvalue weighted by Crippen LogP contribution is 2.39. The number of phenolic OH excluding ortho intramolecular Hbond substituents is 1. The Kier molecular flexibility index (Phi) is 3.40. The number of nitrogen functional groups attached to an aromatic ring is 2. The maximum Gasteiger partial charge on any atom is 0.240 e. The van der Waals surface area contributed by atoms with Crippen LogP contribution in [0, 0.1) is 6.92 Å². The molecule has 5 N–H and O–H groups in total. The van der Waals surface area contributed by atoms with Gasteiger partial charge in [0.15, 0.2) is 0 Å². The van der Waals surface area contributed by atoms with E-state index in [1.54, 1.807) is 31.2 Å². The summed E-state index contributed by atoms with van der Waals surface area (Å²) in [5.41, 5.74) is 14.7. The average molecular weight is 307 g/mol. The van der Waals surface area contributed by atoms with Gasteiger partial charge in [0.05, 0.1) is 22.3 Å². The van der Waals surface area contributed by atoms with Crippen LogP contribution in [0.2, 0.25) is 0 Å². The molecular weight excluding hydrogens is 294 g/mol. The van der Waals surface area contributed by atoms with Gasteiger partial charge >= 0.3 is 0 Å². The first kappa shape index (κ1) is 14.5. The zero-order valence-electron chi connectivity index (χ0n) is 12.2. The van der Waals surface area contributed by atoms with E-state index >= 15 is 0 Å². The Morgan fingerprint density at radius 2 is 2.00 bits per heavy atom. The van der Waals surface area contributed by atoms with Gasteiger partial charge in [0.2, 0.25) is 12.0 Å². The summed E-state index contributed by atoms with van der Waals surface area (Å²) < 4.78 is 0. The first-order valence-electron chi connectivity index (χ1n) is 6.75. The minimum atomic E-state index is 0.0704. The lowest BCUT2D eigenvalue weighted by Crippen LogP contribution is -2.01. The average Bonchev–Trinajstić information content (AvgIpc) is 2.51. The largest absolute Gasteiger partial charge is 0.508 e. The molecule has 0 aliphatic carbocycles. The minimum Gasteiger partial charge on any atom is -0.508 e. The summed E-state index contributed by atoms with van der Waals surface area (Å²) in [7, 11) is 0. The first-order chi connectivity index (χ1) is 11.0. The van der Waals surface area contributed by atoms with Gasteiger partial charge < -0.3 is 16.6 Å². The molecule has 3 rings (SSSR count). The molecule has 0 radical (unpaired) electrons. The van der Waals surface area contributed by atoms with Gasteiger partial charge in [-0.15, -0.1) is 0 Å². The number of carbonyl (C=O) groups excluding carboxylic acids is 1. The predicted octanol–water partition coefficient (Wildman–Crippen LogP) is 2.44. The molecule has 7 nitrogen and oxygen atoms in total. The number of anilines is 2. The van der Waals surface area contributed by atoms with Crippen molar-refractivity contribution in [3.05, 3.63) is 35.9 Å². The predicted molar refractivity (Wildman–Crippen MR) is 88.0 cm³/mol. The van der Waals surface area contributed by atoms with E-state index in [0.717, 1.165) is 0 Å². The van der Waals surface area contributed by atoms with Crippen LogP contribution in [0.25, 0.3) is 22.2 Å². The summed E-state index contributed by atoms with van der Waals surface area (Å²) in [6.45, 7) is 1.78. The van der Waals surface area contributed by atoms with E-state index in [1.807, 2.05) is 0 Å². The molecule has 0 fully saturated rings. The van der Waals surface area contributed by atoms with Crippen LogP contribution in [0.1, 0.15) is 5.56 Å². The monoisotopic (exact) mass is 307 g/mol. The van der Waals surface area contributed by atoms with Crippen molar-refractivity contribution < 1.29 is 9.90 Å². The number of aromatic hydroxyl groups is 1. The number of nitrogens with two attached hydrogens (primary N) is 2. The molecule has 1 heterocycles. The van der Waals surface area contributed by atoms with Crippen molar-refractivity contribution in [2.75, 3.05) is 11.5 Å². The topological polar surface area (TPSA) is 127 Å². The second kappa shape index (κ2) is 5.40. The highest BCUT2D eigenvalue weighted by atomic mass is 16.3. The van der Waals surface area contributed by atoms with Crippen molar-refractivity contribution in [2.45, 2.75) is 6.92 Å². The van der Waals surface area contributed by atoms with Gasteiger partial charge in [-0.1, -0.05) is 12.1 Å². The molecule has 1 aromatic heterocycles. The third-order valence-electron chi connectivity index (χ3n) is 3.50. The molecule has 0 aliphatic rings. The van der Waals surface area contributed by atoms with E-state index in [4.69, 9.17) is 11.5 Å². The number of fused-ring (bicyclic) bond motifs is 1. The van der Waals surface area contributed by atoms with Crippen LogP contribution in [0.4, 0.5) is 17.3 Å². The summed E-state index contributed by atoms with van der Waals surface area (Å²) in [4.78, 5) is 22.9.